The van der Waals surface area contributed by atoms with Crippen LogP contribution >= 0.6 is 16.1 Å². The van der Waals surface area contributed by atoms with Gasteiger partial charge in [0.15, 0.2) is 0 Å². The number of aryl methyl sites for hydroxylation is 2. The average molecular weight is 404 g/mol. The van der Waals surface area contributed by atoms with E-state index in [4.69, 9.17) is 0 Å². The van der Waals surface area contributed by atoms with Crippen molar-refractivity contribution in [2.24, 2.45) is 0 Å². The third-order valence-electron chi connectivity index (χ3n) is 3.02. The van der Waals surface area contributed by atoms with Crippen molar-refractivity contribution in [1.29, 1.82) is 0 Å². The van der Waals surface area contributed by atoms with Crippen LogP contribution in [0.15, 0.2) is 58.3 Å². The Kier molecular flexibility index (Phi) is 4.76. The highest BCUT2D eigenvalue weighted by Gasteiger charge is 2.34. The van der Waals surface area contributed by atoms with Crippen LogP contribution in [0.25, 0.3) is 0 Å². The van der Waals surface area contributed by atoms with E-state index >= 15 is 0 Å². The molecule has 8 heteroatoms. The Morgan fingerprint density at radius 2 is 0.955 bits per heavy atom. The number of benzene rings is 2. The minimum absolute atomic E-state index is 0.106. The third-order valence-corrected chi connectivity index (χ3v) is 8.97. The van der Waals surface area contributed by atoms with Crippen LogP contribution in [0.1, 0.15) is 11.1 Å². The largest absolute Gasteiger partial charge is 0.266 e. The quantitative estimate of drug-likeness (QED) is 0.735. The zero-order chi connectivity index (χ0) is 16.5. The van der Waals surface area contributed by atoms with Gasteiger partial charge in [0.1, 0.15) is 0 Å². The standard InChI is InChI=1S/C14H14BrNO4S2/c1-11-3-7-13(8-4-11)21(17,18)16(15)22(19,20)14-9-5-12(2)6-10-14/h3-10H,1-2H3. The van der Waals surface area contributed by atoms with Crippen LogP contribution in [-0.2, 0) is 20.0 Å². The molecule has 2 aromatic carbocycles. The second-order valence-corrected chi connectivity index (χ2v) is 10.2. The smallest absolute Gasteiger partial charge is 0.205 e. The van der Waals surface area contributed by atoms with E-state index < -0.39 is 20.0 Å². The summed E-state index contributed by atoms with van der Waals surface area (Å²) in [5.74, 6) is 0. The highest BCUT2D eigenvalue weighted by molar-refractivity contribution is 9.10. The van der Waals surface area contributed by atoms with Gasteiger partial charge in [-0.05, 0) is 40.8 Å². The van der Waals surface area contributed by atoms with Gasteiger partial charge in [0.25, 0.3) is 20.0 Å². The van der Waals surface area contributed by atoms with Gasteiger partial charge in [-0.2, -0.15) is 0 Å². The van der Waals surface area contributed by atoms with Crippen molar-refractivity contribution in [3.8, 4) is 0 Å². The van der Waals surface area contributed by atoms with Gasteiger partial charge < -0.3 is 0 Å². The lowest BCUT2D eigenvalue weighted by atomic mass is 10.2. The van der Waals surface area contributed by atoms with Crippen LogP contribution in [0.3, 0.4) is 0 Å². The maximum Gasteiger partial charge on any atom is 0.266 e. The first-order valence-corrected chi connectivity index (χ1v) is 9.84. The number of nitrogens with zero attached hydrogens (tertiary/aromatic N) is 1. The number of sulfonamides is 2. The lowest BCUT2D eigenvalue weighted by molar-refractivity contribution is 0.557. The zero-order valence-corrected chi connectivity index (χ0v) is 15.1. The first-order chi connectivity index (χ1) is 10.2. The number of hydrogen-bond acceptors (Lipinski definition) is 4. The molecule has 5 nitrogen and oxygen atoms in total. The van der Waals surface area contributed by atoms with E-state index in [1.165, 1.54) is 24.3 Å². The molecule has 0 saturated heterocycles. The molecule has 0 fully saturated rings. The number of hydrogen-bond donors (Lipinski definition) is 0. The van der Waals surface area contributed by atoms with Gasteiger partial charge in [-0.15, -0.1) is 0 Å². The van der Waals surface area contributed by atoms with E-state index in [1.807, 2.05) is 13.8 Å². The molecule has 0 saturated carbocycles. The fourth-order valence-electron chi connectivity index (χ4n) is 1.72. The SMILES string of the molecule is Cc1ccc(S(=O)(=O)N(Br)S(=O)(=O)c2ccc(C)cc2)cc1. The summed E-state index contributed by atoms with van der Waals surface area (Å²) in [4.78, 5) is -0.212. The summed E-state index contributed by atoms with van der Waals surface area (Å²) in [7, 11) is -8.42. The fourth-order valence-corrected chi connectivity index (χ4v) is 5.56. The Labute approximate surface area is 139 Å². The van der Waals surface area contributed by atoms with Gasteiger partial charge >= 0.3 is 0 Å². The predicted octanol–water partition coefficient (Wildman–Crippen LogP) is 2.99. The Hall–Kier alpha value is -1.22. The molecule has 0 aliphatic carbocycles. The Balaban J connectivity index is 2.47. The molecule has 0 amide bonds. The van der Waals surface area contributed by atoms with Crippen molar-refractivity contribution in [3.05, 3.63) is 59.7 Å². The maximum absolute atomic E-state index is 12.4. The topological polar surface area (TPSA) is 71.5 Å². The molecule has 0 radical (unpaired) electrons. The van der Waals surface area contributed by atoms with Crippen LogP contribution in [-0.4, -0.2) is 19.6 Å². The van der Waals surface area contributed by atoms with Crippen molar-refractivity contribution in [3.63, 3.8) is 0 Å². The molecule has 0 aliphatic heterocycles. The van der Waals surface area contributed by atoms with Gasteiger partial charge in [0, 0.05) is 16.1 Å². The van der Waals surface area contributed by atoms with Gasteiger partial charge in [0.05, 0.1) is 9.79 Å². The molecule has 2 rings (SSSR count). The van der Waals surface area contributed by atoms with Crippen molar-refractivity contribution in [1.82, 2.24) is 2.74 Å². The Morgan fingerprint density at radius 1 is 0.682 bits per heavy atom. The average Bonchev–Trinajstić information content (AvgIpc) is 2.47. The molecule has 0 heterocycles. The molecule has 0 unspecified atom stereocenters. The van der Waals surface area contributed by atoms with Gasteiger partial charge in [-0.1, -0.05) is 35.4 Å². The third kappa shape index (κ3) is 3.24. The molecule has 0 aliphatic rings. The van der Waals surface area contributed by atoms with E-state index in [9.17, 15) is 16.8 Å². The Morgan fingerprint density at radius 3 is 1.23 bits per heavy atom. The summed E-state index contributed by atoms with van der Waals surface area (Å²) >= 11 is 2.69. The summed E-state index contributed by atoms with van der Waals surface area (Å²) in [5.41, 5.74) is 1.75. The van der Waals surface area contributed by atoms with E-state index in [2.05, 4.69) is 16.1 Å². The van der Waals surface area contributed by atoms with Gasteiger partial charge in [-0.3, -0.25) is 0 Å². The second kappa shape index (κ2) is 6.11. The van der Waals surface area contributed by atoms with E-state index in [-0.39, 0.29) is 12.5 Å². The van der Waals surface area contributed by atoms with Gasteiger partial charge in [-0.25, -0.2) is 16.8 Å². The van der Waals surface area contributed by atoms with E-state index in [1.54, 1.807) is 24.3 Å². The molecular weight excluding hydrogens is 390 g/mol. The number of rotatable bonds is 4. The second-order valence-electron chi connectivity index (χ2n) is 4.79. The van der Waals surface area contributed by atoms with Gasteiger partial charge in [0.2, 0.25) is 0 Å². The molecule has 2 aromatic rings. The summed E-state index contributed by atoms with van der Waals surface area (Å²) < 4.78 is 49.9. The fraction of sp³-hybridized carbons (Fsp3) is 0.143. The lowest BCUT2D eigenvalue weighted by Crippen LogP contribution is -2.28. The van der Waals surface area contributed by atoms with Crippen molar-refractivity contribution in [2.75, 3.05) is 0 Å². The highest BCUT2D eigenvalue weighted by Crippen LogP contribution is 2.27. The molecule has 22 heavy (non-hydrogen) atoms. The molecule has 0 N–H and O–H groups in total. The Bertz CT molecular complexity index is 798. The maximum atomic E-state index is 12.4. The zero-order valence-electron chi connectivity index (χ0n) is 11.9. The minimum atomic E-state index is -4.21. The van der Waals surface area contributed by atoms with Crippen LogP contribution in [0.5, 0.6) is 0 Å². The number of halogens is 1. The first-order valence-electron chi connectivity index (χ1n) is 6.25. The summed E-state index contributed by atoms with van der Waals surface area (Å²) in [6.45, 7) is 3.62. The molecule has 0 aromatic heterocycles. The van der Waals surface area contributed by atoms with Crippen LogP contribution < -0.4 is 0 Å². The summed E-state index contributed by atoms with van der Waals surface area (Å²) in [6, 6.07) is 11.9. The minimum Gasteiger partial charge on any atom is -0.205 e. The monoisotopic (exact) mass is 403 g/mol. The van der Waals surface area contributed by atoms with Crippen molar-refractivity contribution in [2.45, 2.75) is 23.6 Å². The molecule has 0 bridgehead atoms. The van der Waals surface area contributed by atoms with E-state index in [0.29, 0.717) is 0 Å². The van der Waals surface area contributed by atoms with Crippen LogP contribution in [0, 0.1) is 13.8 Å². The molecule has 0 spiro atoms. The van der Waals surface area contributed by atoms with E-state index in [0.717, 1.165) is 11.1 Å². The van der Waals surface area contributed by atoms with Crippen molar-refractivity contribution >= 4 is 36.2 Å². The lowest BCUT2D eigenvalue weighted by Gasteiger charge is -2.15. The molecular formula is C14H14BrNO4S2. The van der Waals surface area contributed by atoms with Crippen LogP contribution in [0.4, 0.5) is 0 Å². The van der Waals surface area contributed by atoms with Crippen LogP contribution in [0.2, 0.25) is 0 Å². The summed E-state index contributed by atoms with van der Waals surface area (Å²) in [5, 5.41) is 0. The predicted molar refractivity (Wildman–Crippen MR) is 87.5 cm³/mol. The molecule has 0 atom stereocenters. The normalized spacial score (nSPS) is 12.5. The summed E-state index contributed by atoms with van der Waals surface area (Å²) in [6.07, 6.45) is 0. The molecule has 118 valence electrons. The highest BCUT2D eigenvalue weighted by atomic mass is 79.9. The first kappa shape index (κ1) is 17.1. The van der Waals surface area contributed by atoms with Crippen molar-refractivity contribution < 1.29 is 16.8 Å².